The summed E-state index contributed by atoms with van der Waals surface area (Å²) in [4.78, 5) is 16.7. The molecule has 0 atom stereocenters. The topological polar surface area (TPSA) is 79.9 Å². The van der Waals surface area contributed by atoms with Crippen LogP contribution in [-0.4, -0.2) is 28.2 Å². The number of nitrogens with zero attached hydrogens (tertiary/aromatic N) is 2. The van der Waals surface area contributed by atoms with Crippen molar-refractivity contribution in [2.45, 2.75) is 0 Å². The second-order valence-electron chi connectivity index (χ2n) is 5.82. The standard InChI is InChI=1S/C20H15FN4O2/c1-27-17-9-5-8-14(21)18(17)15-10-13-16(11-22-15)24-25-19(13)23-20(26)12-6-3-2-4-7-12/h2-11H,1H3,(H2,23,24,25,26). The molecule has 4 rings (SSSR count). The fourth-order valence-corrected chi connectivity index (χ4v) is 2.84. The number of hydrogen-bond acceptors (Lipinski definition) is 4. The van der Waals surface area contributed by atoms with Crippen LogP contribution in [0.25, 0.3) is 22.2 Å². The van der Waals surface area contributed by atoms with E-state index in [1.807, 2.05) is 6.07 Å². The fourth-order valence-electron chi connectivity index (χ4n) is 2.84. The number of carbonyl (C=O) groups excluding carboxylic acids is 1. The molecular formula is C20H15FN4O2. The Labute approximate surface area is 154 Å². The maximum atomic E-state index is 14.4. The van der Waals surface area contributed by atoms with Gasteiger partial charge in [0.05, 0.1) is 30.1 Å². The molecule has 0 unspecified atom stereocenters. The highest BCUT2D eigenvalue weighted by Crippen LogP contribution is 2.33. The van der Waals surface area contributed by atoms with Crippen molar-refractivity contribution in [3.63, 3.8) is 0 Å². The van der Waals surface area contributed by atoms with Gasteiger partial charge in [-0.1, -0.05) is 24.3 Å². The summed E-state index contributed by atoms with van der Waals surface area (Å²) < 4.78 is 19.6. The Balaban J connectivity index is 1.75. The highest BCUT2D eigenvalue weighted by Gasteiger charge is 2.16. The Bertz CT molecular complexity index is 1130. The number of nitrogens with one attached hydrogen (secondary N) is 2. The fraction of sp³-hybridized carbons (Fsp3) is 0.0500. The van der Waals surface area contributed by atoms with Crippen LogP contribution >= 0.6 is 0 Å². The molecule has 0 aliphatic rings. The van der Waals surface area contributed by atoms with E-state index in [1.165, 1.54) is 13.2 Å². The van der Waals surface area contributed by atoms with Crippen LogP contribution in [0.1, 0.15) is 10.4 Å². The molecule has 134 valence electrons. The Morgan fingerprint density at radius 3 is 2.74 bits per heavy atom. The van der Waals surface area contributed by atoms with E-state index in [4.69, 9.17) is 4.74 Å². The lowest BCUT2D eigenvalue weighted by Gasteiger charge is -2.09. The van der Waals surface area contributed by atoms with Gasteiger partial charge in [-0.15, -0.1) is 0 Å². The molecular weight excluding hydrogens is 347 g/mol. The van der Waals surface area contributed by atoms with Crippen LogP contribution < -0.4 is 10.1 Å². The molecule has 2 heterocycles. The van der Waals surface area contributed by atoms with Crippen molar-refractivity contribution in [2.24, 2.45) is 0 Å². The third-order valence-corrected chi connectivity index (χ3v) is 4.17. The first-order valence-corrected chi connectivity index (χ1v) is 8.21. The van der Waals surface area contributed by atoms with E-state index in [9.17, 15) is 9.18 Å². The van der Waals surface area contributed by atoms with Crippen LogP contribution in [0.3, 0.4) is 0 Å². The number of fused-ring (bicyclic) bond motifs is 1. The number of aromatic amines is 1. The number of H-pyrrole nitrogens is 1. The number of aromatic nitrogens is 3. The van der Waals surface area contributed by atoms with Gasteiger partial charge < -0.3 is 10.1 Å². The largest absolute Gasteiger partial charge is 0.496 e. The van der Waals surface area contributed by atoms with E-state index in [2.05, 4.69) is 20.5 Å². The quantitative estimate of drug-likeness (QED) is 0.574. The number of amides is 1. The number of carbonyl (C=O) groups is 1. The van der Waals surface area contributed by atoms with E-state index in [0.717, 1.165) is 0 Å². The predicted octanol–water partition coefficient (Wildman–Crippen LogP) is 4.02. The van der Waals surface area contributed by atoms with Crippen molar-refractivity contribution in [3.05, 3.63) is 72.2 Å². The van der Waals surface area contributed by atoms with E-state index in [-0.39, 0.29) is 11.5 Å². The molecule has 27 heavy (non-hydrogen) atoms. The minimum atomic E-state index is -0.445. The lowest BCUT2D eigenvalue weighted by Crippen LogP contribution is -2.12. The normalized spacial score (nSPS) is 10.7. The average molecular weight is 362 g/mol. The summed E-state index contributed by atoms with van der Waals surface area (Å²) in [6.45, 7) is 0. The third-order valence-electron chi connectivity index (χ3n) is 4.17. The number of ether oxygens (including phenoxy) is 1. The summed E-state index contributed by atoms with van der Waals surface area (Å²) in [5.41, 5.74) is 1.77. The predicted molar refractivity (Wildman–Crippen MR) is 100 cm³/mol. The summed E-state index contributed by atoms with van der Waals surface area (Å²) in [7, 11) is 1.47. The van der Waals surface area contributed by atoms with E-state index in [1.54, 1.807) is 48.7 Å². The van der Waals surface area contributed by atoms with Gasteiger partial charge in [0.15, 0.2) is 5.82 Å². The van der Waals surface area contributed by atoms with Crippen molar-refractivity contribution in [1.82, 2.24) is 15.2 Å². The molecule has 0 spiro atoms. The number of anilines is 1. The van der Waals surface area contributed by atoms with Crippen molar-refractivity contribution in [1.29, 1.82) is 0 Å². The van der Waals surface area contributed by atoms with Crippen molar-refractivity contribution in [3.8, 4) is 17.0 Å². The lowest BCUT2D eigenvalue weighted by atomic mass is 10.1. The number of halogens is 1. The molecule has 4 aromatic rings. The minimum absolute atomic E-state index is 0.253. The zero-order valence-corrected chi connectivity index (χ0v) is 14.4. The number of rotatable bonds is 4. The Kier molecular flexibility index (Phi) is 4.25. The summed E-state index contributed by atoms with van der Waals surface area (Å²) in [5, 5.41) is 10.3. The van der Waals surface area contributed by atoms with Gasteiger partial charge in [0.25, 0.3) is 5.91 Å². The summed E-state index contributed by atoms with van der Waals surface area (Å²) in [6.07, 6.45) is 1.54. The second-order valence-corrected chi connectivity index (χ2v) is 5.82. The first-order chi connectivity index (χ1) is 13.2. The number of methoxy groups -OCH3 is 1. The smallest absolute Gasteiger partial charge is 0.256 e. The van der Waals surface area contributed by atoms with Gasteiger partial charge in [0, 0.05) is 10.9 Å². The molecule has 0 bridgehead atoms. The number of hydrogen-bond donors (Lipinski definition) is 2. The molecule has 0 aliphatic carbocycles. The molecule has 2 aromatic heterocycles. The zero-order chi connectivity index (χ0) is 18.8. The van der Waals surface area contributed by atoms with Crippen LogP contribution in [0.5, 0.6) is 5.75 Å². The molecule has 1 amide bonds. The lowest BCUT2D eigenvalue weighted by molar-refractivity contribution is 0.102. The van der Waals surface area contributed by atoms with Gasteiger partial charge >= 0.3 is 0 Å². The van der Waals surface area contributed by atoms with E-state index < -0.39 is 5.82 Å². The molecule has 0 aliphatic heterocycles. The third kappa shape index (κ3) is 3.10. The first-order valence-electron chi connectivity index (χ1n) is 8.21. The minimum Gasteiger partial charge on any atom is -0.496 e. The van der Waals surface area contributed by atoms with Crippen LogP contribution in [0.15, 0.2) is 60.8 Å². The molecule has 0 radical (unpaired) electrons. The van der Waals surface area contributed by atoms with Crippen LogP contribution in [0, 0.1) is 5.82 Å². The summed E-state index contributed by atoms with van der Waals surface area (Å²) in [5.74, 6) is -0.0107. The van der Waals surface area contributed by atoms with E-state index in [0.29, 0.717) is 33.7 Å². The first kappa shape index (κ1) is 16.7. The maximum absolute atomic E-state index is 14.4. The van der Waals surface area contributed by atoms with Gasteiger partial charge in [0.1, 0.15) is 11.6 Å². The van der Waals surface area contributed by atoms with Gasteiger partial charge in [0.2, 0.25) is 0 Å². The average Bonchev–Trinajstić information content (AvgIpc) is 3.10. The van der Waals surface area contributed by atoms with Crippen LogP contribution in [0.4, 0.5) is 10.2 Å². The molecule has 0 saturated heterocycles. The van der Waals surface area contributed by atoms with Gasteiger partial charge in [-0.3, -0.25) is 14.9 Å². The van der Waals surface area contributed by atoms with Crippen molar-refractivity contribution >= 4 is 22.6 Å². The van der Waals surface area contributed by atoms with Crippen LogP contribution in [-0.2, 0) is 0 Å². The Morgan fingerprint density at radius 1 is 1.15 bits per heavy atom. The Hall–Kier alpha value is -3.74. The summed E-state index contributed by atoms with van der Waals surface area (Å²) in [6, 6.07) is 15.1. The monoisotopic (exact) mass is 362 g/mol. The van der Waals surface area contributed by atoms with E-state index >= 15 is 0 Å². The highest BCUT2D eigenvalue weighted by molar-refractivity contribution is 6.08. The molecule has 0 fully saturated rings. The van der Waals surface area contributed by atoms with Crippen molar-refractivity contribution in [2.75, 3.05) is 12.4 Å². The second kappa shape index (κ2) is 6.87. The van der Waals surface area contributed by atoms with Crippen LogP contribution in [0.2, 0.25) is 0 Å². The highest BCUT2D eigenvalue weighted by atomic mass is 19.1. The SMILES string of the molecule is COc1cccc(F)c1-c1cc2c(NC(=O)c3ccccc3)n[nH]c2cn1. The van der Waals surface area contributed by atoms with Crippen molar-refractivity contribution < 1.29 is 13.9 Å². The molecule has 2 N–H and O–H groups in total. The van der Waals surface area contributed by atoms with Gasteiger partial charge in [-0.2, -0.15) is 5.10 Å². The maximum Gasteiger partial charge on any atom is 0.256 e. The van der Waals surface area contributed by atoms with Gasteiger partial charge in [-0.25, -0.2) is 4.39 Å². The zero-order valence-electron chi connectivity index (χ0n) is 14.4. The molecule has 7 heteroatoms. The molecule has 6 nitrogen and oxygen atoms in total. The number of pyridine rings is 1. The van der Waals surface area contributed by atoms with Gasteiger partial charge in [-0.05, 0) is 30.3 Å². The Morgan fingerprint density at radius 2 is 1.96 bits per heavy atom. The molecule has 0 saturated carbocycles. The molecule has 2 aromatic carbocycles. The summed E-state index contributed by atoms with van der Waals surface area (Å²) >= 11 is 0. The number of benzene rings is 2.